The summed E-state index contributed by atoms with van der Waals surface area (Å²) < 4.78 is 22.2. The van der Waals surface area contributed by atoms with E-state index in [1.165, 1.54) is 12.1 Å². The molecular weight excluding hydrogens is 278 g/mol. The number of amides is 1. The molecule has 0 atom stereocenters. The van der Waals surface area contributed by atoms with Gasteiger partial charge in [-0.1, -0.05) is 26.0 Å². The second-order valence-electron chi connectivity index (χ2n) is 4.82. The van der Waals surface area contributed by atoms with Crippen LogP contribution in [0.5, 0.6) is 0 Å². The fraction of sp³-hybridized carbons (Fsp3) is 0.462. The molecule has 0 aromatic heterocycles. The Morgan fingerprint density at radius 2 is 1.85 bits per heavy atom. The summed E-state index contributed by atoms with van der Waals surface area (Å²) in [6.07, 6.45) is 0.410. The van der Waals surface area contributed by atoms with Gasteiger partial charge >= 0.3 is 0 Å². The SMILES string of the molecule is CC(C)NCCC(=O)NCc1ccc(S(N)(=O)=O)cc1. The number of hydrogen-bond acceptors (Lipinski definition) is 4. The summed E-state index contributed by atoms with van der Waals surface area (Å²) in [7, 11) is -3.67. The number of hydrogen-bond donors (Lipinski definition) is 3. The van der Waals surface area contributed by atoms with Crippen molar-refractivity contribution in [2.24, 2.45) is 5.14 Å². The quantitative estimate of drug-likeness (QED) is 0.675. The zero-order valence-electron chi connectivity index (χ0n) is 11.7. The lowest BCUT2D eigenvalue weighted by atomic mass is 10.2. The van der Waals surface area contributed by atoms with Crippen LogP contribution in [0.1, 0.15) is 25.8 Å². The summed E-state index contributed by atoms with van der Waals surface area (Å²) in [4.78, 5) is 11.6. The molecule has 0 spiro atoms. The first kappa shape index (κ1) is 16.6. The predicted octanol–water partition coefficient (Wildman–Crippen LogP) is 0.338. The van der Waals surface area contributed by atoms with Crippen LogP contribution in [-0.4, -0.2) is 26.9 Å². The molecule has 4 N–H and O–H groups in total. The summed E-state index contributed by atoms with van der Waals surface area (Å²) in [6.45, 7) is 5.04. The lowest BCUT2D eigenvalue weighted by molar-refractivity contribution is -0.121. The molecule has 0 aliphatic heterocycles. The van der Waals surface area contributed by atoms with Gasteiger partial charge in [0.25, 0.3) is 0 Å². The molecule has 1 amide bonds. The summed E-state index contributed by atoms with van der Waals surface area (Å²) in [5.74, 6) is -0.0475. The van der Waals surface area contributed by atoms with E-state index in [2.05, 4.69) is 10.6 Å². The number of carbonyl (C=O) groups excluding carboxylic acids is 1. The first-order valence-corrected chi connectivity index (χ1v) is 7.95. The molecule has 0 saturated carbocycles. The van der Waals surface area contributed by atoms with E-state index in [4.69, 9.17) is 5.14 Å². The topological polar surface area (TPSA) is 101 Å². The number of primary sulfonamides is 1. The van der Waals surface area contributed by atoms with E-state index < -0.39 is 10.0 Å². The van der Waals surface area contributed by atoms with E-state index in [1.807, 2.05) is 13.8 Å². The normalized spacial score (nSPS) is 11.6. The van der Waals surface area contributed by atoms with Crippen molar-refractivity contribution < 1.29 is 13.2 Å². The highest BCUT2D eigenvalue weighted by Gasteiger charge is 2.07. The molecule has 0 radical (unpaired) electrons. The van der Waals surface area contributed by atoms with Crippen molar-refractivity contribution >= 4 is 15.9 Å². The first-order valence-electron chi connectivity index (χ1n) is 6.41. The lowest BCUT2D eigenvalue weighted by Gasteiger charge is -2.09. The zero-order valence-corrected chi connectivity index (χ0v) is 12.5. The Balaban J connectivity index is 2.40. The van der Waals surface area contributed by atoms with Gasteiger partial charge in [0, 0.05) is 25.6 Å². The number of benzene rings is 1. The third kappa shape index (κ3) is 6.14. The van der Waals surface area contributed by atoms with Crippen LogP contribution in [0.4, 0.5) is 0 Å². The largest absolute Gasteiger partial charge is 0.352 e. The van der Waals surface area contributed by atoms with Crippen molar-refractivity contribution in [3.8, 4) is 0 Å². The third-order valence-electron chi connectivity index (χ3n) is 2.65. The Kier molecular flexibility index (Phi) is 6.12. The molecule has 0 aliphatic rings. The van der Waals surface area contributed by atoms with E-state index in [0.717, 1.165) is 5.56 Å². The molecule has 112 valence electrons. The van der Waals surface area contributed by atoms with Gasteiger partial charge in [0.1, 0.15) is 0 Å². The van der Waals surface area contributed by atoms with Crippen molar-refractivity contribution in [2.45, 2.75) is 37.8 Å². The molecule has 20 heavy (non-hydrogen) atoms. The van der Waals surface area contributed by atoms with Gasteiger partial charge in [-0.25, -0.2) is 13.6 Å². The van der Waals surface area contributed by atoms with Gasteiger partial charge in [0.15, 0.2) is 0 Å². The third-order valence-corrected chi connectivity index (χ3v) is 3.58. The van der Waals surface area contributed by atoms with Crippen molar-refractivity contribution in [1.29, 1.82) is 0 Å². The molecule has 1 rings (SSSR count). The van der Waals surface area contributed by atoms with Crippen LogP contribution in [0.15, 0.2) is 29.2 Å². The van der Waals surface area contributed by atoms with Gasteiger partial charge in [0.2, 0.25) is 15.9 Å². The monoisotopic (exact) mass is 299 g/mol. The minimum atomic E-state index is -3.67. The second-order valence-corrected chi connectivity index (χ2v) is 6.39. The Labute approximate surface area is 119 Å². The van der Waals surface area contributed by atoms with Gasteiger partial charge in [-0.2, -0.15) is 0 Å². The molecule has 0 fully saturated rings. The maximum absolute atomic E-state index is 11.6. The fourth-order valence-electron chi connectivity index (χ4n) is 1.56. The maximum atomic E-state index is 11.6. The summed E-state index contributed by atoms with van der Waals surface area (Å²) in [6, 6.07) is 6.47. The summed E-state index contributed by atoms with van der Waals surface area (Å²) >= 11 is 0. The number of sulfonamides is 1. The Bertz CT molecular complexity index is 538. The van der Waals surface area contributed by atoms with Crippen molar-refractivity contribution in [3.63, 3.8) is 0 Å². The lowest BCUT2D eigenvalue weighted by Crippen LogP contribution is -2.30. The fourth-order valence-corrected chi connectivity index (χ4v) is 2.08. The molecule has 1 aromatic rings. The molecule has 1 aromatic carbocycles. The van der Waals surface area contributed by atoms with Gasteiger partial charge in [0.05, 0.1) is 4.90 Å². The Morgan fingerprint density at radius 1 is 1.25 bits per heavy atom. The molecule has 0 unspecified atom stereocenters. The predicted molar refractivity (Wildman–Crippen MR) is 77.4 cm³/mol. The molecule has 7 heteroatoms. The standard InChI is InChI=1S/C13H21N3O3S/c1-10(2)15-8-7-13(17)16-9-11-3-5-12(6-4-11)20(14,18)19/h3-6,10,15H,7-9H2,1-2H3,(H,16,17)(H2,14,18,19). The molecule has 0 saturated heterocycles. The van der Waals surface area contributed by atoms with E-state index in [9.17, 15) is 13.2 Å². The number of nitrogens with two attached hydrogens (primary N) is 1. The van der Waals surface area contributed by atoms with E-state index in [0.29, 0.717) is 25.6 Å². The highest BCUT2D eigenvalue weighted by atomic mass is 32.2. The zero-order chi connectivity index (χ0) is 15.2. The van der Waals surface area contributed by atoms with E-state index >= 15 is 0 Å². The van der Waals surface area contributed by atoms with E-state index in [1.54, 1.807) is 12.1 Å². The highest BCUT2D eigenvalue weighted by Crippen LogP contribution is 2.08. The summed E-state index contributed by atoms with van der Waals surface area (Å²) in [5.41, 5.74) is 0.822. The van der Waals surface area contributed by atoms with Crippen molar-refractivity contribution in [3.05, 3.63) is 29.8 Å². The van der Waals surface area contributed by atoms with Crippen LogP contribution >= 0.6 is 0 Å². The minimum Gasteiger partial charge on any atom is -0.352 e. The average Bonchev–Trinajstić information content (AvgIpc) is 2.35. The molecular formula is C13H21N3O3S. The smallest absolute Gasteiger partial charge is 0.238 e. The number of rotatable bonds is 7. The van der Waals surface area contributed by atoms with Gasteiger partial charge in [-0.05, 0) is 17.7 Å². The molecule has 0 bridgehead atoms. The number of nitrogens with one attached hydrogen (secondary N) is 2. The Morgan fingerprint density at radius 3 is 2.35 bits per heavy atom. The first-order chi connectivity index (χ1) is 9.29. The van der Waals surface area contributed by atoms with Crippen LogP contribution < -0.4 is 15.8 Å². The van der Waals surface area contributed by atoms with Gasteiger partial charge in [-0.15, -0.1) is 0 Å². The van der Waals surface area contributed by atoms with E-state index in [-0.39, 0.29) is 10.8 Å². The highest BCUT2D eigenvalue weighted by molar-refractivity contribution is 7.89. The van der Waals surface area contributed by atoms with Crippen LogP contribution in [-0.2, 0) is 21.4 Å². The van der Waals surface area contributed by atoms with Crippen molar-refractivity contribution in [1.82, 2.24) is 10.6 Å². The van der Waals surface area contributed by atoms with Crippen LogP contribution in [0.3, 0.4) is 0 Å². The number of carbonyl (C=O) groups is 1. The Hall–Kier alpha value is -1.44. The molecule has 0 heterocycles. The average molecular weight is 299 g/mol. The van der Waals surface area contributed by atoms with Gasteiger partial charge < -0.3 is 10.6 Å². The van der Waals surface area contributed by atoms with Crippen LogP contribution in [0, 0.1) is 0 Å². The summed E-state index contributed by atoms with van der Waals surface area (Å²) in [5, 5.41) is 10.9. The maximum Gasteiger partial charge on any atom is 0.238 e. The second kappa shape index (κ2) is 7.37. The van der Waals surface area contributed by atoms with Crippen LogP contribution in [0.25, 0.3) is 0 Å². The minimum absolute atomic E-state index is 0.0475. The van der Waals surface area contributed by atoms with Crippen LogP contribution in [0.2, 0.25) is 0 Å². The van der Waals surface area contributed by atoms with Crippen molar-refractivity contribution in [2.75, 3.05) is 6.54 Å². The molecule has 0 aliphatic carbocycles. The molecule has 6 nitrogen and oxygen atoms in total. The van der Waals surface area contributed by atoms with Gasteiger partial charge in [-0.3, -0.25) is 4.79 Å².